The summed E-state index contributed by atoms with van der Waals surface area (Å²) in [6, 6.07) is 15.7. The number of anilines is 1. The van der Waals surface area contributed by atoms with Gasteiger partial charge in [-0.05, 0) is 49.2 Å². The number of hydrogen-bond donors (Lipinski definition) is 2. The van der Waals surface area contributed by atoms with Crippen LogP contribution in [0.5, 0.6) is 0 Å². The summed E-state index contributed by atoms with van der Waals surface area (Å²) in [5.74, 6) is -1.48. The molecule has 0 aliphatic carbocycles. The lowest BCUT2D eigenvalue weighted by Crippen LogP contribution is -2.22. The highest BCUT2D eigenvalue weighted by Gasteiger charge is 2.27. The lowest BCUT2D eigenvalue weighted by Gasteiger charge is -2.09. The molecule has 0 unspecified atom stereocenters. The normalized spacial score (nSPS) is 10.4. The highest BCUT2D eigenvalue weighted by Crippen LogP contribution is 2.34. The third kappa shape index (κ3) is 6.13. The molecule has 9 heteroatoms. The van der Waals surface area contributed by atoms with Crippen LogP contribution in [0.15, 0.2) is 54.6 Å². The molecule has 3 amide bonds. The monoisotopic (exact) mass is 493 g/mol. The van der Waals surface area contributed by atoms with Crippen LogP contribution in [0, 0.1) is 6.92 Å². The predicted octanol–water partition coefficient (Wildman–Crippen LogP) is 4.12. The van der Waals surface area contributed by atoms with Crippen LogP contribution < -0.4 is 10.6 Å². The number of carbonyl (C=O) groups is 4. The molecule has 0 aliphatic rings. The van der Waals surface area contributed by atoms with E-state index in [0.29, 0.717) is 28.1 Å². The quantitative estimate of drug-likeness (QED) is 0.460. The molecule has 0 saturated heterocycles. The summed E-state index contributed by atoms with van der Waals surface area (Å²) in [5.41, 5.74) is 2.40. The first-order valence-electron chi connectivity index (χ1n) is 11.0. The van der Waals surface area contributed by atoms with Gasteiger partial charge in [-0.1, -0.05) is 30.3 Å². The van der Waals surface area contributed by atoms with Gasteiger partial charge in [-0.15, -0.1) is 11.3 Å². The van der Waals surface area contributed by atoms with Crippen molar-refractivity contribution in [1.82, 2.24) is 10.2 Å². The number of ether oxygens (including phenoxy) is 1. The molecule has 1 aromatic heterocycles. The van der Waals surface area contributed by atoms with Crippen molar-refractivity contribution in [3.8, 4) is 0 Å². The lowest BCUT2D eigenvalue weighted by atomic mass is 10.1. The first-order valence-corrected chi connectivity index (χ1v) is 11.8. The van der Waals surface area contributed by atoms with Gasteiger partial charge in [0.25, 0.3) is 17.7 Å². The smallest absolute Gasteiger partial charge is 0.341 e. The predicted molar refractivity (Wildman–Crippen MR) is 135 cm³/mol. The van der Waals surface area contributed by atoms with Crippen LogP contribution in [0.4, 0.5) is 5.00 Å². The minimum Gasteiger partial charge on any atom is -0.462 e. The summed E-state index contributed by atoms with van der Waals surface area (Å²) < 4.78 is 5.14. The molecule has 1 heterocycles. The summed E-state index contributed by atoms with van der Waals surface area (Å²) in [4.78, 5) is 52.0. The third-order valence-electron chi connectivity index (χ3n) is 5.16. The Kier molecular flexibility index (Phi) is 8.38. The minimum absolute atomic E-state index is 0.167. The number of nitrogens with one attached hydrogen (secondary N) is 2. The van der Waals surface area contributed by atoms with Gasteiger partial charge in [-0.3, -0.25) is 14.4 Å². The lowest BCUT2D eigenvalue weighted by molar-refractivity contribution is 0.0527. The van der Waals surface area contributed by atoms with Crippen LogP contribution in [0.2, 0.25) is 0 Å². The number of rotatable bonds is 8. The Morgan fingerprint density at radius 1 is 0.914 bits per heavy atom. The minimum atomic E-state index is -0.598. The Morgan fingerprint density at radius 3 is 2.14 bits per heavy atom. The fraction of sp³-hybridized carbons (Fsp3) is 0.231. The molecule has 3 rings (SSSR count). The average Bonchev–Trinajstić information content (AvgIpc) is 3.18. The van der Waals surface area contributed by atoms with Crippen LogP contribution in [-0.2, 0) is 11.3 Å². The third-order valence-corrected chi connectivity index (χ3v) is 6.35. The zero-order chi connectivity index (χ0) is 25.5. The number of esters is 1. The highest BCUT2D eigenvalue weighted by molar-refractivity contribution is 7.18. The Balaban J connectivity index is 1.74. The molecule has 2 aromatic carbocycles. The Labute approximate surface area is 207 Å². The maximum Gasteiger partial charge on any atom is 0.341 e. The fourth-order valence-electron chi connectivity index (χ4n) is 3.28. The number of hydrogen-bond acceptors (Lipinski definition) is 6. The number of thiophene rings is 1. The van der Waals surface area contributed by atoms with Crippen molar-refractivity contribution in [2.24, 2.45) is 0 Å². The zero-order valence-electron chi connectivity index (χ0n) is 20.0. The largest absolute Gasteiger partial charge is 0.462 e. The number of nitrogens with zero attached hydrogens (tertiary/aromatic N) is 1. The van der Waals surface area contributed by atoms with E-state index >= 15 is 0 Å². The van der Waals surface area contributed by atoms with Gasteiger partial charge in [0.2, 0.25) is 0 Å². The maximum atomic E-state index is 12.9. The van der Waals surface area contributed by atoms with Gasteiger partial charge < -0.3 is 20.3 Å². The number of amides is 3. The van der Waals surface area contributed by atoms with E-state index in [4.69, 9.17) is 4.74 Å². The summed E-state index contributed by atoms with van der Waals surface area (Å²) in [7, 11) is 3.24. The fourth-order valence-corrected chi connectivity index (χ4v) is 4.49. The van der Waals surface area contributed by atoms with Crippen molar-refractivity contribution in [2.45, 2.75) is 20.4 Å². The summed E-state index contributed by atoms with van der Waals surface area (Å²) in [5, 5.41) is 5.85. The summed E-state index contributed by atoms with van der Waals surface area (Å²) in [6.07, 6.45) is 0. The second-order valence-corrected chi connectivity index (χ2v) is 8.90. The average molecular weight is 494 g/mol. The standard InChI is InChI=1S/C26H27N3O5S/c1-5-34-26(33)20-16(2)21(25(32)29(3)4)35-24(20)28-23(31)19-13-11-17(12-14-19)15-27-22(30)18-9-7-6-8-10-18/h6-14H,5,15H2,1-4H3,(H,27,30)(H,28,31). The van der Waals surface area contributed by atoms with E-state index in [0.717, 1.165) is 16.9 Å². The van der Waals surface area contributed by atoms with E-state index in [1.54, 1.807) is 76.5 Å². The van der Waals surface area contributed by atoms with Crippen LogP contribution in [0.25, 0.3) is 0 Å². The molecular formula is C26H27N3O5S. The van der Waals surface area contributed by atoms with Crippen LogP contribution in [0.3, 0.4) is 0 Å². The Morgan fingerprint density at radius 2 is 1.54 bits per heavy atom. The van der Waals surface area contributed by atoms with Crippen molar-refractivity contribution in [2.75, 3.05) is 26.0 Å². The first-order chi connectivity index (χ1) is 16.7. The van der Waals surface area contributed by atoms with E-state index in [1.165, 1.54) is 4.90 Å². The second-order valence-electron chi connectivity index (χ2n) is 7.88. The van der Waals surface area contributed by atoms with Crippen LogP contribution >= 0.6 is 11.3 Å². The molecule has 182 valence electrons. The van der Waals surface area contributed by atoms with Crippen LogP contribution in [0.1, 0.15) is 58.8 Å². The van der Waals surface area contributed by atoms with Gasteiger partial charge in [0.05, 0.1) is 17.0 Å². The molecular weight excluding hydrogens is 466 g/mol. The van der Waals surface area contributed by atoms with Crippen molar-refractivity contribution < 1.29 is 23.9 Å². The van der Waals surface area contributed by atoms with E-state index < -0.39 is 11.9 Å². The summed E-state index contributed by atoms with van der Waals surface area (Å²) >= 11 is 1.04. The van der Waals surface area contributed by atoms with Crippen molar-refractivity contribution >= 4 is 40.0 Å². The Bertz CT molecular complexity index is 1230. The van der Waals surface area contributed by atoms with E-state index in [9.17, 15) is 19.2 Å². The Hall–Kier alpha value is -3.98. The number of benzene rings is 2. The molecule has 2 N–H and O–H groups in total. The zero-order valence-corrected chi connectivity index (χ0v) is 20.8. The van der Waals surface area contributed by atoms with Crippen molar-refractivity contribution in [3.05, 3.63) is 87.3 Å². The second kappa shape index (κ2) is 11.4. The van der Waals surface area contributed by atoms with Crippen molar-refractivity contribution in [1.29, 1.82) is 0 Å². The van der Waals surface area contributed by atoms with E-state index in [2.05, 4.69) is 10.6 Å². The molecule has 0 saturated carbocycles. The van der Waals surface area contributed by atoms with Gasteiger partial charge in [-0.25, -0.2) is 4.79 Å². The van der Waals surface area contributed by atoms with E-state index in [-0.39, 0.29) is 29.0 Å². The highest BCUT2D eigenvalue weighted by atomic mass is 32.1. The molecule has 0 bridgehead atoms. The molecule has 35 heavy (non-hydrogen) atoms. The molecule has 0 spiro atoms. The van der Waals surface area contributed by atoms with Gasteiger partial charge in [-0.2, -0.15) is 0 Å². The molecule has 0 fully saturated rings. The van der Waals surface area contributed by atoms with Gasteiger partial charge >= 0.3 is 5.97 Å². The molecule has 3 aromatic rings. The van der Waals surface area contributed by atoms with Gasteiger partial charge in [0.1, 0.15) is 5.00 Å². The van der Waals surface area contributed by atoms with Crippen molar-refractivity contribution in [3.63, 3.8) is 0 Å². The molecule has 0 radical (unpaired) electrons. The van der Waals surface area contributed by atoms with Gasteiger partial charge in [0, 0.05) is 31.8 Å². The topological polar surface area (TPSA) is 105 Å². The molecule has 0 aliphatic heterocycles. The van der Waals surface area contributed by atoms with Crippen LogP contribution in [-0.4, -0.2) is 49.3 Å². The maximum absolute atomic E-state index is 12.9. The molecule has 0 atom stereocenters. The first kappa shape index (κ1) is 25.6. The van der Waals surface area contributed by atoms with E-state index in [1.807, 2.05) is 6.07 Å². The molecule has 8 nitrogen and oxygen atoms in total. The number of carbonyl (C=O) groups excluding carboxylic acids is 4. The summed E-state index contributed by atoms with van der Waals surface area (Å²) in [6.45, 7) is 3.82. The SMILES string of the molecule is CCOC(=O)c1c(NC(=O)c2ccc(CNC(=O)c3ccccc3)cc2)sc(C(=O)N(C)C)c1C. The van der Waals surface area contributed by atoms with Gasteiger partial charge in [0.15, 0.2) is 0 Å².